The molecule has 0 aliphatic heterocycles. The summed E-state index contributed by atoms with van der Waals surface area (Å²) in [6.45, 7) is 2.35. The lowest BCUT2D eigenvalue weighted by atomic mass is 10.8. The molecule has 3 nitrogen and oxygen atoms in total. The maximum absolute atomic E-state index is 10.2. The lowest BCUT2D eigenvalue weighted by molar-refractivity contribution is 0.201. The summed E-state index contributed by atoms with van der Waals surface area (Å²) in [6, 6.07) is 0. The monoisotopic (exact) mass is 133 g/mol. The summed E-state index contributed by atoms with van der Waals surface area (Å²) in [5.41, 5.74) is 0.922. The van der Waals surface area contributed by atoms with Gasteiger partial charge in [-0.05, 0) is 19.1 Å². The van der Waals surface area contributed by atoms with Gasteiger partial charge in [-0.25, -0.2) is 4.79 Å². The van der Waals surface area contributed by atoms with Crippen molar-refractivity contribution >= 4 is 23.9 Å². The number of hydrogen-bond acceptors (Lipinski definition) is 3. The van der Waals surface area contributed by atoms with Gasteiger partial charge in [0.05, 0.1) is 0 Å². The van der Waals surface area contributed by atoms with Crippen molar-refractivity contribution in [3.8, 4) is 0 Å². The van der Waals surface area contributed by atoms with Crippen molar-refractivity contribution in [1.82, 2.24) is 5.32 Å². The molecule has 0 fully saturated rings. The smallest absolute Gasteiger partial charge is 0.406 e. The molecule has 0 radical (unpaired) electrons. The van der Waals surface area contributed by atoms with Gasteiger partial charge in [0.25, 0.3) is 0 Å². The van der Waals surface area contributed by atoms with E-state index in [0.29, 0.717) is 6.54 Å². The van der Waals surface area contributed by atoms with E-state index in [2.05, 4.69) is 22.3 Å². The van der Waals surface area contributed by atoms with Crippen molar-refractivity contribution in [3.05, 3.63) is 0 Å². The van der Waals surface area contributed by atoms with Crippen LogP contribution in [0.5, 0.6) is 0 Å². The molecule has 0 bridgehead atoms. The van der Waals surface area contributed by atoms with Gasteiger partial charge < -0.3 is 10.1 Å². The Labute approximate surface area is 53.0 Å². The molecule has 0 saturated heterocycles. The minimum absolute atomic E-state index is 0.498. The van der Waals surface area contributed by atoms with Crippen molar-refractivity contribution in [2.45, 2.75) is 6.92 Å². The first kappa shape index (κ1) is 7.36. The van der Waals surface area contributed by atoms with Crippen molar-refractivity contribution in [1.29, 1.82) is 0 Å². The standard InChI is InChI=1S/C4H7NO2S/c1-2-5-4(6)7-3-8/h3H,2H2,1H3,(H,5,6). The molecule has 0 heterocycles. The maximum atomic E-state index is 10.2. The van der Waals surface area contributed by atoms with E-state index in [4.69, 9.17) is 0 Å². The molecule has 1 amide bonds. The lowest BCUT2D eigenvalue weighted by Gasteiger charge is -1.95. The van der Waals surface area contributed by atoms with Crippen LogP contribution in [0.25, 0.3) is 0 Å². The Morgan fingerprint density at radius 1 is 2.00 bits per heavy atom. The zero-order valence-corrected chi connectivity index (χ0v) is 5.33. The third kappa shape index (κ3) is 3.55. The summed E-state index contributed by atoms with van der Waals surface area (Å²) in [6.07, 6.45) is -0.498. The van der Waals surface area contributed by atoms with Gasteiger partial charge in [0, 0.05) is 6.54 Å². The van der Waals surface area contributed by atoms with Crippen molar-refractivity contribution < 1.29 is 9.53 Å². The predicted molar refractivity (Wildman–Crippen MR) is 33.8 cm³/mol. The summed E-state index contributed by atoms with van der Waals surface area (Å²) in [5, 5.41) is 2.39. The molecule has 0 spiro atoms. The molecular weight excluding hydrogens is 126 g/mol. The molecule has 46 valence electrons. The largest absolute Gasteiger partial charge is 0.412 e. The normalized spacial score (nSPS) is 7.62. The van der Waals surface area contributed by atoms with Crippen molar-refractivity contribution in [3.63, 3.8) is 0 Å². The van der Waals surface area contributed by atoms with E-state index in [-0.39, 0.29) is 0 Å². The summed E-state index contributed by atoms with van der Waals surface area (Å²) in [7, 11) is 0. The van der Waals surface area contributed by atoms with Crippen LogP contribution in [0.3, 0.4) is 0 Å². The molecule has 0 aromatic rings. The zero-order valence-electron chi connectivity index (χ0n) is 4.51. The summed E-state index contributed by atoms with van der Waals surface area (Å²) in [4.78, 5) is 10.2. The second-order valence-electron chi connectivity index (χ2n) is 1.03. The highest BCUT2D eigenvalue weighted by atomic mass is 32.1. The molecule has 0 aromatic carbocycles. The topological polar surface area (TPSA) is 38.3 Å². The Kier molecular flexibility index (Phi) is 4.16. The molecule has 0 unspecified atom stereocenters. The number of rotatable bonds is 2. The fraction of sp³-hybridized carbons (Fsp3) is 0.500. The maximum Gasteiger partial charge on any atom is 0.412 e. The zero-order chi connectivity index (χ0) is 6.41. The van der Waals surface area contributed by atoms with Crippen LogP contribution in [0.1, 0.15) is 6.92 Å². The number of ether oxygens (including phenoxy) is 1. The van der Waals surface area contributed by atoms with Gasteiger partial charge in [-0.1, -0.05) is 0 Å². The van der Waals surface area contributed by atoms with Crippen LogP contribution < -0.4 is 5.32 Å². The Hall–Kier alpha value is -0.640. The van der Waals surface area contributed by atoms with E-state index >= 15 is 0 Å². The van der Waals surface area contributed by atoms with Crippen LogP contribution >= 0.6 is 12.2 Å². The molecule has 0 aliphatic carbocycles. The second-order valence-corrected chi connectivity index (χ2v) is 1.22. The van der Waals surface area contributed by atoms with E-state index in [0.717, 1.165) is 5.55 Å². The van der Waals surface area contributed by atoms with E-state index in [9.17, 15) is 4.79 Å². The van der Waals surface area contributed by atoms with E-state index < -0.39 is 6.09 Å². The highest BCUT2D eigenvalue weighted by Gasteiger charge is 1.92. The molecule has 4 heteroatoms. The molecule has 0 aromatic heterocycles. The minimum Gasteiger partial charge on any atom is -0.406 e. The molecule has 1 N–H and O–H groups in total. The first-order valence-corrected chi connectivity index (χ1v) is 2.66. The van der Waals surface area contributed by atoms with E-state index in [1.165, 1.54) is 0 Å². The predicted octanol–water partition coefficient (Wildman–Crippen LogP) is 0.690. The molecule has 0 rings (SSSR count). The first-order valence-electron chi connectivity index (χ1n) is 2.19. The van der Waals surface area contributed by atoms with Crippen LogP contribution in [0.2, 0.25) is 0 Å². The summed E-state index contributed by atoms with van der Waals surface area (Å²) < 4.78 is 4.22. The average molecular weight is 133 g/mol. The highest BCUT2D eigenvalue weighted by Crippen LogP contribution is 1.69. The summed E-state index contributed by atoms with van der Waals surface area (Å²) >= 11 is 4.23. The Morgan fingerprint density at radius 3 is 3.00 bits per heavy atom. The molecular formula is C4H7NO2S. The molecule has 0 atom stereocenters. The Bertz CT molecular complexity index is 94.0. The van der Waals surface area contributed by atoms with E-state index in [1.54, 1.807) is 6.92 Å². The number of alkyl carbamates (subject to hydrolysis) is 1. The molecule has 8 heavy (non-hydrogen) atoms. The quantitative estimate of drug-likeness (QED) is 0.563. The SMILES string of the molecule is CCNC(=O)OC=S. The van der Waals surface area contributed by atoms with Gasteiger partial charge in [-0.3, -0.25) is 0 Å². The second kappa shape index (κ2) is 4.52. The van der Waals surface area contributed by atoms with Crippen LogP contribution in [0, 0.1) is 0 Å². The number of amides is 1. The van der Waals surface area contributed by atoms with Gasteiger partial charge in [0.1, 0.15) is 0 Å². The lowest BCUT2D eigenvalue weighted by Crippen LogP contribution is -2.22. The number of carbonyl (C=O) groups excluding carboxylic acids is 1. The fourth-order valence-electron chi connectivity index (χ4n) is 0.230. The first-order chi connectivity index (χ1) is 3.81. The number of thiocarbonyl (C=S) groups is 1. The van der Waals surface area contributed by atoms with Crippen LogP contribution in [-0.2, 0) is 4.74 Å². The van der Waals surface area contributed by atoms with Crippen LogP contribution in [-0.4, -0.2) is 18.2 Å². The fourth-order valence-corrected chi connectivity index (χ4v) is 0.317. The highest BCUT2D eigenvalue weighted by molar-refractivity contribution is 7.78. The van der Waals surface area contributed by atoms with Crippen molar-refractivity contribution in [2.75, 3.05) is 6.54 Å². The van der Waals surface area contributed by atoms with Gasteiger partial charge in [0.15, 0.2) is 5.55 Å². The van der Waals surface area contributed by atoms with Crippen LogP contribution in [0.4, 0.5) is 4.79 Å². The van der Waals surface area contributed by atoms with Gasteiger partial charge in [0.2, 0.25) is 0 Å². The minimum atomic E-state index is -0.498. The van der Waals surface area contributed by atoms with Crippen LogP contribution in [0.15, 0.2) is 0 Å². The Balaban J connectivity index is 3.18. The molecule has 0 aliphatic rings. The van der Waals surface area contributed by atoms with E-state index in [1.807, 2.05) is 0 Å². The number of carbonyl (C=O) groups is 1. The third-order valence-corrected chi connectivity index (χ3v) is 0.572. The summed E-state index contributed by atoms with van der Waals surface area (Å²) in [5.74, 6) is 0. The van der Waals surface area contributed by atoms with Gasteiger partial charge >= 0.3 is 6.09 Å². The van der Waals surface area contributed by atoms with Crippen molar-refractivity contribution in [2.24, 2.45) is 0 Å². The van der Waals surface area contributed by atoms with Gasteiger partial charge in [-0.2, -0.15) is 0 Å². The number of nitrogens with one attached hydrogen (secondary N) is 1. The number of hydrogen-bond donors (Lipinski definition) is 1. The average Bonchev–Trinajstić information content (AvgIpc) is 1.68. The van der Waals surface area contributed by atoms with Gasteiger partial charge in [-0.15, -0.1) is 0 Å². The Morgan fingerprint density at radius 2 is 2.62 bits per heavy atom. The molecule has 0 saturated carbocycles. The third-order valence-electron chi connectivity index (χ3n) is 0.476.